The van der Waals surface area contributed by atoms with Gasteiger partial charge >= 0.3 is 6.16 Å². The van der Waals surface area contributed by atoms with Crippen LogP contribution in [0.5, 0.6) is 0 Å². The van der Waals surface area contributed by atoms with E-state index in [1.165, 1.54) is 12.8 Å². The lowest BCUT2D eigenvalue weighted by Gasteiger charge is -2.39. The van der Waals surface area contributed by atoms with Crippen LogP contribution in [0.15, 0.2) is 0 Å². The average molecular weight is 285 g/mol. The first kappa shape index (κ1) is 15.5. The molecule has 2 rings (SSSR count). The summed E-state index contributed by atoms with van der Waals surface area (Å²) in [5.41, 5.74) is -0.506. The zero-order chi connectivity index (χ0) is 14.6. The van der Waals surface area contributed by atoms with E-state index in [4.69, 9.17) is 9.57 Å². The van der Waals surface area contributed by atoms with Gasteiger partial charge in [-0.2, -0.15) is 0 Å². The molecule has 2 heterocycles. The van der Waals surface area contributed by atoms with Gasteiger partial charge < -0.3 is 14.9 Å². The molecule has 116 valence electrons. The summed E-state index contributed by atoms with van der Waals surface area (Å²) in [5.74, 6) is 0. The van der Waals surface area contributed by atoms with Crippen molar-refractivity contribution in [2.45, 2.75) is 45.3 Å². The molecule has 0 spiro atoms. The predicted molar refractivity (Wildman–Crippen MR) is 76.4 cm³/mol. The van der Waals surface area contributed by atoms with Crippen molar-refractivity contribution in [3.8, 4) is 0 Å². The van der Waals surface area contributed by atoms with E-state index in [0.29, 0.717) is 6.04 Å². The van der Waals surface area contributed by atoms with E-state index in [0.717, 1.165) is 39.3 Å². The number of rotatable bonds is 2. The summed E-state index contributed by atoms with van der Waals surface area (Å²) in [6, 6.07) is 0.680. The summed E-state index contributed by atoms with van der Waals surface area (Å²) in [4.78, 5) is 19.3. The number of piperidine rings is 1. The van der Waals surface area contributed by atoms with Crippen molar-refractivity contribution in [3.05, 3.63) is 0 Å². The van der Waals surface area contributed by atoms with Crippen molar-refractivity contribution < 1.29 is 14.4 Å². The highest BCUT2D eigenvalue weighted by Crippen LogP contribution is 2.15. The van der Waals surface area contributed by atoms with Crippen LogP contribution in [0.4, 0.5) is 4.79 Å². The molecule has 6 nitrogen and oxygen atoms in total. The molecule has 1 N–H and O–H groups in total. The van der Waals surface area contributed by atoms with Crippen LogP contribution in [0, 0.1) is 0 Å². The Kier molecular flexibility index (Phi) is 5.23. The quantitative estimate of drug-likeness (QED) is 0.770. The molecule has 0 amide bonds. The molecule has 2 fully saturated rings. The summed E-state index contributed by atoms with van der Waals surface area (Å²) < 4.78 is 5.16. The number of hydrogen-bond donors (Lipinski definition) is 1. The van der Waals surface area contributed by atoms with E-state index in [-0.39, 0.29) is 0 Å². The van der Waals surface area contributed by atoms with Crippen molar-refractivity contribution in [2.24, 2.45) is 0 Å². The standard InChI is InChI=1S/C14H27N3O3/c1-14(2,3)19-13(18)20-17-10-8-16(9-11-17)12-4-6-15-7-5-12/h12,15H,4-11H2,1-3H3. The van der Waals surface area contributed by atoms with E-state index in [1.807, 2.05) is 20.8 Å². The fourth-order valence-corrected chi connectivity index (χ4v) is 2.71. The highest BCUT2D eigenvalue weighted by atomic mass is 16.8. The van der Waals surface area contributed by atoms with Crippen LogP contribution in [-0.4, -0.2) is 67.0 Å². The normalized spacial score (nSPS) is 23.6. The third-order valence-electron chi connectivity index (χ3n) is 3.69. The van der Waals surface area contributed by atoms with Crippen LogP contribution < -0.4 is 5.32 Å². The number of hydrogen-bond acceptors (Lipinski definition) is 6. The number of carbonyl (C=O) groups excluding carboxylic acids is 1. The molecule has 0 aliphatic carbocycles. The van der Waals surface area contributed by atoms with Gasteiger partial charge in [0.2, 0.25) is 0 Å². The maximum atomic E-state index is 11.6. The Hall–Kier alpha value is -0.850. The molecule has 0 aromatic heterocycles. The van der Waals surface area contributed by atoms with Crippen molar-refractivity contribution in [2.75, 3.05) is 39.3 Å². The summed E-state index contributed by atoms with van der Waals surface area (Å²) >= 11 is 0. The van der Waals surface area contributed by atoms with E-state index < -0.39 is 11.8 Å². The Bertz CT molecular complexity index is 316. The minimum atomic E-state index is -0.604. The molecule has 2 aliphatic rings. The molecule has 6 heteroatoms. The van der Waals surface area contributed by atoms with Gasteiger partial charge in [-0.15, -0.1) is 5.06 Å². The van der Waals surface area contributed by atoms with Gasteiger partial charge in [-0.1, -0.05) is 0 Å². The van der Waals surface area contributed by atoms with Crippen LogP contribution in [-0.2, 0) is 9.57 Å². The molecule has 2 saturated heterocycles. The van der Waals surface area contributed by atoms with Crippen molar-refractivity contribution >= 4 is 6.16 Å². The van der Waals surface area contributed by atoms with Crippen molar-refractivity contribution in [1.29, 1.82) is 0 Å². The summed E-state index contributed by atoms with van der Waals surface area (Å²) in [6.07, 6.45) is 1.83. The van der Waals surface area contributed by atoms with Gasteiger partial charge in [0.15, 0.2) is 0 Å². The summed E-state index contributed by atoms with van der Waals surface area (Å²) in [5, 5.41) is 5.10. The van der Waals surface area contributed by atoms with Gasteiger partial charge in [0.25, 0.3) is 0 Å². The Morgan fingerprint density at radius 2 is 1.70 bits per heavy atom. The van der Waals surface area contributed by atoms with Crippen LogP contribution in [0.2, 0.25) is 0 Å². The lowest BCUT2D eigenvalue weighted by atomic mass is 10.0. The number of piperazine rings is 1. The molecule has 0 unspecified atom stereocenters. The first-order chi connectivity index (χ1) is 9.44. The molecule has 0 radical (unpaired) electrons. The third kappa shape index (κ3) is 4.92. The number of ether oxygens (including phenoxy) is 1. The second kappa shape index (κ2) is 6.74. The van der Waals surface area contributed by atoms with E-state index in [1.54, 1.807) is 5.06 Å². The van der Waals surface area contributed by atoms with Crippen LogP contribution in [0.25, 0.3) is 0 Å². The second-order valence-electron chi connectivity index (χ2n) is 6.50. The molecule has 0 saturated carbocycles. The molecule has 0 atom stereocenters. The topological polar surface area (TPSA) is 54.0 Å². The lowest BCUT2D eigenvalue weighted by Crippen LogP contribution is -2.53. The maximum Gasteiger partial charge on any atom is 0.528 e. The van der Waals surface area contributed by atoms with Gasteiger partial charge in [0.1, 0.15) is 5.60 Å². The van der Waals surface area contributed by atoms with Gasteiger partial charge in [-0.3, -0.25) is 4.90 Å². The van der Waals surface area contributed by atoms with Crippen LogP contribution >= 0.6 is 0 Å². The molecular formula is C14H27N3O3. The fourth-order valence-electron chi connectivity index (χ4n) is 2.71. The number of nitrogens with one attached hydrogen (secondary N) is 1. The third-order valence-corrected chi connectivity index (χ3v) is 3.69. The minimum absolute atomic E-state index is 0.506. The lowest BCUT2D eigenvalue weighted by molar-refractivity contribution is -0.161. The van der Waals surface area contributed by atoms with Crippen molar-refractivity contribution in [3.63, 3.8) is 0 Å². The van der Waals surface area contributed by atoms with E-state index in [9.17, 15) is 4.79 Å². The molecule has 0 aromatic rings. The molecule has 20 heavy (non-hydrogen) atoms. The Morgan fingerprint density at radius 1 is 1.10 bits per heavy atom. The van der Waals surface area contributed by atoms with Gasteiger partial charge in [0, 0.05) is 32.2 Å². The van der Waals surface area contributed by atoms with Gasteiger partial charge in [0.05, 0.1) is 0 Å². The largest absolute Gasteiger partial charge is 0.528 e. The molecule has 0 aromatic carbocycles. The van der Waals surface area contributed by atoms with E-state index in [2.05, 4.69) is 10.2 Å². The smallest absolute Gasteiger partial charge is 0.427 e. The summed E-state index contributed by atoms with van der Waals surface area (Å²) in [6.45, 7) is 11.1. The summed E-state index contributed by atoms with van der Waals surface area (Å²) in [7, 11) is 0. The molecule has 2 aliphatic heterocycles. The number of nitrogens with zero attached hydrogens (tertiary/aromatic N) is 2. The van der Waals surface area contributed by atoms with Crippen molar-refractivity contribution in [1.82, 2.24) is 15.3 Å². The Balaban J connectivity index is 1.70. The second-order valence-corrected chi connectivity index (χ2v) is 6.50. The number of carbonyl (C=O) groups is 1. The van der Waals surface area contributed by atoms with Crippen LogP contribution in [0.3, 0.4) is 0 Å². The molecular weight excluding hydrogens is 258 g/mol. The predicted octanol–water partition coefficient (Wildman–Crippen LogP) is 1.22. The highest BCUT2D eigenvalue weighted by Gasteiger charge is 2.27. The Labute approximate surface area is 121 Å². The van der Waals surface area contributed by atoms with Crippen LogP contribution in [0.1, 0.15) is 33.6 Å². The zero-order valence-electron chi connectivity index (χ0n) is 12.9. The Morgan fingerprint density at radius 3 is 2.25 bits per heavy atom. The van der Waals surface area contributed by atoms with Gasteiger partial charge in [-0.25, -0.2) is 4.79 Å². The maximum absolute atomic E-state index is 11.6. The number of hydroxylamine groups is 2. The SMILES string of the molecule is CC(C)(C)OC(=O)ON1CCN(C2CCNCC2)CC1. The average Bonchev–Trinajstić information content (AvgIpc) is 2.38. The molecule has 0 bridgehead atoms. The first-order valence-electron chi connectivity index (χ1n) is 7.55. The fraction of sp³-hybridized carbons (Fsp3) is 0.929. The monoisotopic (exact) mass is 285 g/mol. The first-order valence-corrected chi connectivity index (χ1v) is 7.55. The van der Waals surface area contributed by atoms with Gasteiger partial charge in [-0.05, 0) is 46.7 Å². The minimum Gasteiger partial charge on any atom is -0.427 e. The van der Waals surface area contributed by atoms with E-state index >= 15 is 0 Å². The zero-order valence-corrected chi connectivity index (χ0v) is 12.9. The highest BCUT2D eigenvalue weighted by molar-refractivity contribution is 5.60.